The first-order valence-corrected chi connectivity index (χ1v) is 11.8. The Morgan fingerprint density at radius 2 is 1.61 bits per heavy atom. The lowest BCUT2D eigenvalue weighted by Gasteiger charge is -2.11. The normalized spacial score (nSPS) is 11.0. The molecule has 172 valence electrons. The third-order valence-corrected chi connectivity index (χ3v) is 6.42. The molecule has 0 unspecified atom stereocenters. The van der Waals surface area contributed by atoms with Crippen molar-refractivity contribution in [1.29, 1.82) is 0 Å². The molecule has 1 amide bonds. The monoisotopic (exact) mass is 466 g/mol. The number of ketones is 1. The van der Waals surface area contributed by atoms with E-state index < -0.39 is 10.0 Å². The molecule has 33 heavy (non-hydrogen) atoms. The number of Topliss-reactive ketones (excluding diaryl/α,β-unsaturated/α-hetero) is 1. The van der Waals surface area contributed by atoms with Gasteiger partial charge in [0.15, 0.2) is 5.78 Å². The summed E-state index contributed by atoms with van der Waals surface area (Å²) in [6, 6.07) is 18.1. The lowest BCUT2D eigenvalue weighted by Crippen LogP contribution is -2.16. The number of benzene rings is 3. The largest absolute Gasteiger partial charge is 0.497 e. The van der Waals surface area contributed by atoms with Crippen molar-refractivity contribution in [3.05, 3.63) is 83.4 Å². The van der Waals surface area contributed by atoms with Crippen LogP contribution in [0.4, 0.5) is 11.4 Å². The fraction of sp³-hybridized carbons (Fsp3) is 0.200. The zero-order valence-corrected chi connectivity index (χ0v) is 19.5. The summed E-state index contributed by atoms with van der Waals surface area (Å²) in [6.45, 7) is 3.77. The van der Waals surface area contributed by atoms with Gasteiger partial charge in [0.25, 0.3) is 10.0 Å². The van der Waals surface area contributed by atoms with Crippen LogP contribution in [0.25, 0.3) is 0 Å². The second kappa shape index (κ2) is 10.3. The molecule has 0 aromatic heterocycles. The van der Waals surface area contributed by atoms with E-state index in [1.165, 1.54) is 19.2 Å². The number of aryl methyl sites for hydroxylation is 2. The molecule has 2 N–H and O–H groups in total. The SMILES string of the molecule is COc1ccc(NS(=O)(=O)c2cccc(NC(=O)CCC(=O)c3cc(C)ccc3C)c2)cc1. The molecule has 3 rings (SSSR count). The lowest BCUT2D eigenvalue weighted by molar-refractivity contribution is -0.116. The maximum absolute atomic E-state index is 12.7. The average molecular weight is 467 g/mol. The Labute approximate surface area is 193 Å². The summed E-state index contributed by atoms with van der Waals surface area (Å²) in [5.74, 6) is 0.136. The van der Waals surface area contributed by atoms with Crippen molar-refractivity contribution < 1.29 is 22.7 Å². The van der Waals surface area contributed by atoms with Crippen LogP contribution in [-0.4, -0.2) is 27.2 Å². The molecule has 0 spiro atoms. The molecular weight excluding hydrogens is 440 g/mol. The number of methoxy groups -OCH3 is 1. The van der Waals surface area contributed by atoms with Gasteiger partial charge < -0.3 is 10.1 Å². The third kappa shape index (κ3) is 6.43. The molecule has 0 radical (unpaired) electrons. The molecule has 0 bridgehead atoms. The smallest absolute Gasteiger partial charge is 0.261 e. The highest BCUT2D eigenvalue weighted by molar-refractivity contribution is 7.92. The molecule has 3 aromatic rings. The topological polar surface area (TPSA) is 102 Å². The highest BCUT2D eigenvalue weighted by atomic mass is 32.2. The van der Waals surface area contributed by atoms with Gasteiger partial charge >= 0.3 is 0 Å². The molecule has 7 nitrogen and oxygen atoms in total. The quantitative estimate of drug-likeness (QED) is 0.445. The van der Waals surface area contributed by atoms with Crippen LogP contribution in [0.15, 0.2) is 71.6 Å². The van der Waals surface area contributed by atoms with Crippen LogP contribution in [0.2, 0.25) is 0 Å². The number of anilines is 2. The van der Waals surface area contributed by atoms with E-state index >= 15 is 0 Å². The van der Waals surface area contributed by atoms with E-state index in [2.05, 4.69) is 10.0 Å². The van der Waals surface area contributed by atoms with Crippen molar-refractivity contribution in [1.82, 2.24) is 0 Å². The highest BCUT2D eigenvalue weighted by Crippen LogP contribution is 2.22. The van der Waals surface area contributed by atoms with Crippen LogP contribution < -0.4 is 14.8 Å². The number of hydrogen-bond acceptors (Lipinski definition) is 5. The number of nitrogens with one attached hydrogen (secondary N) is 2. The first-order chi connectivity index (χ1) is 15.7. The molecule has 0 fully saturated rings. The summed E-state index contributed by atoms with van der Waals surface area (Å²) >= 11 is 0. The van der Waals surface area contributed by atoms with Crippen LogP contribution in [0.3, 0.4) is 0 Å². The third-order valence-electron chi connectivity index (χ3n) is 5.04. The van der Waals surface area contributed by atoms with E-state index in [9.17, 15) is 18.0 Å². The van der Waals surface area contributed by atoms with E-state index in [0.29, 0.717) is 22.7 Å². The number of carbonyl (C=O) groups is 2. The van der Waals surface area contributed by atoms with Crippen molar-refractivity contribution in [2.45, 2.75) is 31.6 Å². The zero-order valence-electron chi connectivity index (χ0n) is 18.7. The predicted molar refractivity (Wildman–Crippen MR) is 128 cm³/mol. The minimum Gasteiger partial charge on any atom is -0.497 e. The van der Waals surface area contributed by atoms with Gasteiger partial charge in [0.1, 0.15) is 5.75 Å². The van der Waals surface area contributed by atoms with Crippen molar-refractivity contribution >= 4 is 33.1 Å². The molecule has 0 saturated carbocycles. The first kappa shape index (κ1) is 24.0. The summed E-state index contributed by atoms with van der Waals surface area (Å²) in [5, 5.41) is 2.67. The molecule has 0 aliphatic heterocycles. The maximum Gasteiger partial charge on any atom is 0.261 e. The molecular formula is C25H26N2O5S. The van der Waals surface area contributed by atoms with Crippen molar-refractivity contribution in [3.63, 3.8) is 0 Å². The van der Waals surface area contributed by atoms with Gasteiger partial charge in [-0.15, -0.1) is 0 Å². The summed E-state index contributed by atoms with van der Waals surface area (Å²) in [6.07, 6.45) is 0.0560. The standard InChI is InChI=1S/C25H26N2O5S/c1-17-7-8-18(2)23(15-17)24(28)13-14-25(29)26-20-5-4-6-22(16-20)33(30,31)27-19-9-11-21(32-3)12-10-19/h4-12,15-16,27H,13-14H2,1-3H3,(H,26,29). The molecule has 8 heteroatoms. The molecule has 0 saturated heterocycles. The molecule has 0 heterocycles. The van der Waals surface area contributed by atoms with Gasteiger partial charge in [-0.2, -0.15) is 0 Å². The number of rotatable bonds is 9. The number of hydrogen-bond donors (Lipinski definition) is 2. The van der Waals surface area contributed by atoms with E-state index in [1.54, 1.807) is 36.4 Å². The van der Waals surface area contributed by atoms with E-state index in [1.807, 2.05) is 32.0 Å². The number of ether oxygens (including phenoxy) is 1. The fourth-order valence-corrected chi connectivity index (χ4v) is 4.34. The fourth-order valence-electron chi connectivity index (χ4n) is 3.24. The summed E-state index contributed by atoms with van der Waals surface area (Å²) in [5.41, 5.74) is 3.18. The van der Waals surface area contributed by atoms with E-state index in [0.717, 1.165) is 11.1 Å². The van der Waals surface area contributed by atoms with Crippen LogP contribution in [0.1, 0.15) is 34.3 Å². The Morgan fingerprint density at radius 1 is 0.879 bits per heavy atom. The predicted octanol–water partition coefficient (Wildman–Crippen LogP) is 4.71. The Hall–Kier alpha value is -3.65. The lowest BCUT2D eigenvalue weighted by atomic mass is 9.99. The van der Waals surface area contributed by atoms with Gasteiger partial charge in [0.2, 0.25) is 5.91 Å². The van der Waals surface area contributed by atoms with Gasteiger partial charge in [0.05, 0.1) is 12.0 Å². The number of sulfonamides is 1. The average Bonchev–Trinajstić information content (AvgIpc) is 2.79. The Balaban J connectivity index is 1.63. The van der Waals surface area contributed by atoms with Crippen molar-refractivity contribution in [2.24, 2.45) is 0 Å². The van der Waals surface area contributed by atoms with Gasteiger partial charge in [-0.1, -0.05) is 23.8 Å². The van der Waals surface area contributed by atoms with Gasteiger partial charge in [-0.25, -0.2) is 8.42 Å². The van der Waals surface area contributed by atoms with Crippen LogP contribution in [0, 0.1) is 13.8 Å². The summed E-state index contributed by atoms with van der Waals surface area (Å²) in [4.78, 5) is 24.9. The molecule has 0 atom stereocenters. The zero-order chi connectivity index (χ0) is 24.0. The Morgan fingerprint density at radius 3 is 2.30 bits per heavy atom. The van der Waals surface area contributed by atoms with Crippen LogP contribution in [-0.2, 0) is 14.8 Å². The Bertz CT molecular complexity index is 1270. The van der Waals surface area contributed by atoms with Gasteiger partial charge in [0, 0.05) is 29.8 Å². The van der Waals surface area contributed by atoms with Gasteiger partial charge in [-0.3, -0.25) is 14.3 Å². The number of amides is 1. The molecule has 0 aliphatic carbocycles. The van der Waals surface area contributed by atoms with E-state index in [4.69, 9.17) is 4.74 Å². The van der Waals surface area contributed by atoms with Crippen molar-refractivity contribution in [2.75, 3.05) is 17.1 Å². The first-order valence-electron chi connectivity index (χ1n) is 10.4. The van der Waals surface area contributed by atoms with Crippen LogP contribution >= 0.6 is 0 Å². The van der Waals surface area contributed by atoms with Crippen LogP contribution in [0.5, 0.6) is 5.75 Å². The maximum atomic E-state index is 12.7. The minimum atomic E-state index is -3.86. The summed E-state index contributed by atoms with van der Waals surface area (Å²) in [7, 11) is -2.33. The highest BCUT2D eigenvalue weighted by Gasteiger charge is 2.16. The molecule has 3 aromatic carbocycles. The second-order valence-corrected chi connectivity index (χ2v) is 9.33. The summed E-state index contributed by atoms with van der Waals surface area (Å²) < 4.78 is 33.0. The second-order valence-electron chi connectivity index (χ2n) is 7.65. The Kier molecular flexibility index (Phi) is 7.50. The van der Waals surface area contributed by atoms with Gasteiger partial charge in [-0.05, 0) is 67.9 Å². The number of carbonyl (C=O) groups excluding carboxylic acids is 2. The van der Waals surface area contributed by atoms with Crippen molar-refractivity contribution in [3.8, 4) is 5.75 Å². The minimum absolute atomic E-state index is 0.00239. The molecule has 0 aliphatic rings. The van der Waals surface area contributed by atoms with E-state index in [-0.39, 0.29) is 29.4 Å².